The van der Waals surface area contributed by atoms with Crippen LogP contribution in [0, 0.1) is 12.3 Å². The van der Waals surface area contributed by atoms with Crippen molar-refractivity contribution in [3.05, 3.63) is 131 Å². The summed E-state index contributed by atoms with van der Waals surface area (Å²) < 4.78 is 29.0. The van der Waals surface area contributed by atoms with Crippen LogP contribution >= 0.6 is 11.3 Å². The van der Waals surface area contributed by atoms with Crippen molar-refractivity contribution < 1.29 is 52.8 Å². The normalized spacial score (nSPS) is 16.3. The maximum Gasteiger partial charge on any atom is 0.410 e. The molecule has 502 valence electrons. The van der Waals surface area contributed by atoms with Gasteiger partial charge in [-0.15, -0.1) is 11.3 Å². The number of aromatic nitrogens is 5. The number of anilines is 1. The Bertz CT molecular complexity index is 3340. The largest absolute Gasteiger partial charge is 0.494 e. The number of aryl methyl sites for hydroxylation is 1. The fourth-order valence-electron chi connectivity index (χ4n) is 11.2. The lowest BCUT2D eigenvalue weighted by Crippen LogP contribution is -2.57. The molecule has 93 heavy (non-hydrogen) atoms. The molecule has 2 aliphatic heterocycles. The predicted molar refractivity (Wildman–Crippen MR) is 357 cm³/mol. The molecule has 6 N–H and O–H groups in total. The van der Waals surface area contributed by atoms with Gasteiger partial charge in [-0.2, -0.15) is 5.10 Å². The van der Waals surface area contributed by atoms with Crippen LogP contribution in [-0.4, -0.2) is 159 Å². The molecule has 6 aromatic rings. The van der Waals surface area contributed by atoms with E-state index in [1.54, 1.807) is 34.7 Å². The number of benzene rings is 3. The molecule has 0 radical (unpaired) electrons. The first-order valence-corrected chi connectivity index (χ1v) is 33.5. The number of likely N-dealkylation sites (tertiary alicyclic amines) is 2. The quantitative estimate of drug-likeness (QED) is 0.0209. The van der Waals surface area contributed by atoms with Crippen molar-refractivity contribution in [1.29, 1.82) is 0 Å². The van der Waals surface area contributed by atoms with Gasteiger partial charge in [0.2, 0.25) is 17.7 Å². The summed E-state index contributed by atoms with van der Waals surface area (Å²) >= 11 is 1.58. The predicted octanol–water partition coefficient (Wildman–Crippen LogP) is 10.5. The number of hydrogen-bond donors (Lipinski definition) is 6. The van der Waals surface area contributed by atoms with E-state index in [4.69, 9.17) is 28.7 Å². The third kappa shape index (κ3) is 21.6. The number of β-amino-alcohol motifs (C(OH)–C–C–N with tert-alkyl or cyclic N) is 1. The van der Waals surface area contributed by atoms with E-state index in [1.165, 1.54) is 4.90 Å². The van der Waals surface area contributed by atoms with Gasteiger partial charge in [-0.05, 0) is 144 Å². The van der Waals surface area contributed by atoms with Crippen LogP contribution in [-0.2, 0) is 45.4 Å². The minimum Gasteiger partial charge on any atom is -0.494 e. The number of hydrogen-bond acceptors (Lipinski definition) is 17. The van der Waals surface area contributed by atoms with E-state index >= 15 is 0 Å². The number of aliphatic hydroxyl groups is 1. The topological polar surface area (TPSA) is 274 Å². The highest BCUT2D eigenvalue weighted by Gasteiger charge is 2.45. The van der Waals surface area contributed by atoms with Gasteiger partial charge in [0.05, 0.1) is 61.3 Å². The number of pyridine rings is 1. The summed E-state index contributed by atoms with van der Waals surface area (Å²) in [4.78, 5) is 85.1. The molecule has 5 amide bonds. The van der Waals surface area contributed by atoms with Gasteiger partial charge in [0, 0.05) is 81.4 Å². The standard InChI is InChI=1S/C70H95N11O11S/c1-48(74-63(84)54-19-16-20-55(42-54)77-70(29-33-80(34-30-70)67(87)92-69(6,7)8)66-76-62(78-79-66)52-27-31-71-32-28-52)53-18-17-21-57(43-53)91-37-15-10-9-13-35-88-38-40-90-41-39-89-36-14-11-12-22-59(83)75-61(68(3,4)5)65(86)81-46-56(82)44-58(81)64(85)72-45-50-23-25-51(26-24-50)60-49(2)73-47-93-60/h16-21,23-28,31-32,42-43,47-48,56,58,61,77,82H,9-15,22,29-30,33-41,44-46H2,1-8H3,(H,72,85)(H,74,84)(H,75,83)(H,76,78,79)/t48?,56-,58+,61?/m1/s1. The smallest absolute Gasteiger partial charge is 0.410 e. The molecule has 23 heteroatoms. The highest BCUT2D eigenvalue weighted by atomic mass is 32.1. The maximum absolute atomic E-state index is 14.0. The van der Waals surface area contributed by atoms with E-state index in [9.17, 15) is 29.1 Å². The summed E-state index contributed by atoms with van der Waals surface area (Å²) in [6.45, 7) is 19.9. The molecule has 22 nitrogen and oxygen atoms in total. The van der Waals surface area contributed by atoms with E-state index in [1.807, 2.05) is 140 Å². The van der Waals surface area contributed by atoms with E-state index in [-0.39, 0.29) is 61.7 Å². The van der Waals surface area contributed by atoms with Gasteiger partial charge < -0.3 is 59.9 Å². The monoisotopic (exact) mass is 1300 g/mol. The summed E-state index contributed by atoms with van der Waals surface area (Å²) in [5.74, 6) is 0.717. The zero-order valence-corrected chi connectivity index (χ0v) is 56.1. The third-order valence-electron chi connectivity index (χ3n) is 16.5. The minimum atomic E-state index is -0.878. The second-order valence-electron chi connectivity index (χ2n) is 26.1. The zero-order valence-electron chi connectivity index (χ0n) is 55.3. The second-order valence-corrected chi connectivity index (χ2v) is 27.0. The lowest BCUT2D eigenvalue weighted by molar-refractivity contribution is -0.144. The average molecular weight is 1300 g/mol. The molecule has 2 saturated heterocycles. The van der Waals surface area contributed by atoms with Crippen molar-refractivity contribution in [3.63, 3.8) is 0 Å². The van der Waals surface area contributed by atoms with Gasteiger partial charge in [0.15, 0.2) is 11.6 Å². The number of carbonyl (C=O) groups excluding carboxylic acids is 5. The van der Waals surface area contributed by atoms with Crippen LogP contribution in [0.1, 0.15) is 158 Å². The van der Waals surface area contributed by atoms with E-state index in [2.05, 4.69) is 41.4 Å². The molecule has 0 spiro atoms. The van der Waals surface area contributed by atoms with Gasteiger partial charge >= 0.3 is 6.09 Å². The van der Waals surface area contributed by atoms with E-state index in [0.29, 0.717) is 95.8 Å². The SMILES string of the molecule is Cc1ncsc1-c1ccc(CNC(=O)[C@@H]2C[C@@H](O)CN2C(=O)C(NC(=O)CCCCCOCCOCCOCCCCCCOc2cccc(C(C)NC(=O)c3cccc(NC4(c5nc(-c6ccncc6)n[nH]5)CCN(C(=O)OC(C)(C)C)CC4)c3)c2)C(C)(C)C)cc1. The molecule has 2 aliphatic rings. The number of carbonyl (C=O) groups is 5. The minimum absolute atomic E-state index is 0.0162. The Morgan fingerprint density at radius 1 is 0.774 bits per heavy atom. The Hall–Kier alpha value is -7.83. The van der Waals surface area contributed by atoms with Crippen molar-refractivity contribution in [2.24, 2.45) is 5.41 Å². The van der Waals surface area contributed by atoms with E-state index in [0.717, 1.165) is 82.8 Å². The Morgan fingerprint density at radius 3 is 2.11 bits per heavy atom. The van der Waals surface area contributed by atoms with Crippen LogP contribution in [0.5, 0.6) is 5.75 Å². The number of nitrogens with zero attached hydrogens (tertiary/aromatic N) is 6. The first-order chi connectivity index (χ1) is 44.6. The van der Waals surface area contributed by atoms with Gasteiger partial charge in [0.1, 0.15) is 29.0 Å². The lowest BCUT2D eigenvalue weighted by Gasteiger charge is -2.41. The molecule has 0 aliphatic carbocycles. The number of amides is 5. The fourth-order valence-corrected chi connectivity index (χ4v) is 12.1. The number of ether oxygens (including phenoxy) is 5. The molecule has 3 aromatic carbocycles. The van der Waals surface area contributed by atoms with Crippen molar-refractivity contribution >= 4 is 46.7 Å². The highest BCUT2D eigenvalue weighted by molar-refractivity contribution is 7.13. The Kier molecular flexibility index (Phi) is 26.2. The molecule has 3 aromatic heterocycles. The number of H-pyrrole nitrogens is 1. The van der Waals surface area contributed by atoms with Crippen LogP contribution in [0.3, 0.4) is 0 Å². The molecule has 2 fully saturated rings. The number of aliphatic hydroxyl groups excluding tert-OH is 1. The summed E-state index contributed by atoms with van der Waals surface area (Å²) in [5, 5.41) is 31.1. The molecule has 2 unspecified atom stereocenters. The summed E-state index contributed by atoms with van der Waals surface area (Å²) in [6, 6.07) is 24.8. The molecule has 0 saturated carbocycles. The maximum atomic E-state index is 14.0. The van der Waals surface area contributed by atoms with Crippen LogP contribution in [0.2, 0.25) is 0 Å². The number of nitrogens with one attached hydrogen (secondary N) is 5. The number of aromatic amines is 1. The van der Waals surface area contributed by atoms with Crippen LogP contribution in [0.25, 0.3) is 21.8 Å². The van der Waals surface area contributed by atoms with Crippen molar-refractivity contribution in [1.82, 2.24) is 50.9 Å². The van der Waals surface area contributed by atoms with Crippen LogP contribution < -0.4 is 26.0 Å². The van der Waals surface area contributed by atoms with Crippen molar-refractivity contribution in [2.75, 3.05) is 71.2 Å². The number of thiazole rings is 1. The van der Waals surface area contributed by atoms with Gasteiger partial charge in [-0.1, -0.05) is 76.1 Å². The summed E-state index contributed by atoms with van der Waals surface area (Å²) in [5.41, 5.74) is 5.72. The second kappa shape index (κ2) is 34.4. The fraction of sp³-hybridized carbons (Fsp3) is 0.529. The van der Waals surface area contributed by atoms with Crippen molar-refractivity contribution in [2.45, 2.75) is 168 Å². The third-order valence-corrected chi connectivity index (χ3v) is 17.4. The first kappa shape index (κ1) is 71.0. The number of unbranched alkanes of at least 4 members (excludes halogenated alkanes) is 5. The van der Waals surface area contributed by atoms with Crippen LogP contribution in [0.15, 0.2) is 103 Å². The molecular formula is C70H95N11O11S. The average Bonchev–Trinajstić information content (AvgIpc) is 1.76. The molecular weight excluding hydrogens is 1200 g/mol. The van der Waals surface area contributed by atoms with Gasteiger partial charge in [0.25, 0.3) is 5.91 Å². The Labute approximate surface area is 551 Å². The van der Waals surface area contributed by atoms with Crippen molar-refractivity contribution in [3.8, 4) is 27.6 Å². The summed E-state index contributed by atoms with van der Waals surface area (Å²) in [7, 11) is 0. The first-order valence-electron chi connectivity index (χ1n) is 32.7. The summed E-state index contributed by atoms with van der Waals surface area (Å²) in [6.07, 6.45) is 9.61. The van der Waals surface area contributed by atoms with Gasteiger partial charge in [-0.25, -0.2) is 14.8 Å². The molecule has 8 rings (SSSR count). The highest BCUT2D eigenvalue weighted by Crippen LogP contribution is 2.37. The molecule has 0 bridgehead atoms. The lowest BCUT2D eigenvalue weighted by atomic mass is 9.85. The zero-order chi connectivity index (χ0) is 66.4. The molecule has 4 atom stereocenters. The number of piperidine rings is 1. The van der Waals surface area contributed by atoms with Crippen LogP contribution in [0.4, 0.5) is 10.5 Å². The number of rotatable bonds is 33. The van der Waals surface area contributed by atoms with E-state index < -0.39 is 34.7 Å². The molecule has 5 heterocycles. The van der Waals surface area contributed by atoms with Gasteiger partial charge in [-0.3, -0.25) is 29.3 Å². The Morgan fingerprint density at radius 2 is 1.44 bits per heavy atom. The Balaban J connectivity index is 0.642.